The molecule has 0 aliphatic carbocycles. The maximum Gasteiger partial charge on any atom is 0.330 e. The summed E-state index contributed by atoms with van der Waals surface area (Å²) >= 11 is 0. The van der Waals surface area contributed by atoms with Crippen molar-refractivity contribution < 1.29 is 24.2 Å². The molecule has 0 aliphatic rings. The van der Waals surface area contributed by atoms with E-state index < -0.39 is 23.9 Å². The lowest BCUT2D eigenvalue weighted by Crippen LogP contribution is -2.40. The summed E-state index contributed by atoms with van der Waals surface area (Å²) in [5, 5.41) is 11.9. The smallest absolute Gasteiger partial charge is 0.330 e. The van der Waals surface area contributed by atoms with Crippen LogP contribution < -0.4 is 5.32 Å². The van der Waals surface area contributed by atoms with Crippen molar-refractivity contribution in [3.63, 3.8) is 0 Å². The van der Waals surface area contributed by atoms with Gasteiger partial charge >= 0.3 is 17.9 Å². The summed E-state index contributed by atoms with van der Waals surface area (Å²) in [5.41, 5.74) is 0. The highest BCUT2D eigenvalue weighted by Gasteiger charge is 2.22. The number of rotatable bonds is 25. The molecular formula is C28H53NO5. The van der Waals surface area contributed by atoms with E-state index in [0.717, 1.165) is 38.5 Å². The van der Waals surface area contributed by atoms with Crippen LogP contribution >= 0.6 is 0 Å². The van der Waals surface area contributed by atoms with Crippen molar-refractivity contribution in [1.29, 1.82) is 0 Å². The molecule has 0 aromatic rings. The summed E-state index contributed by atoms with van der Waals surface area (Å²) in [5.74, 6) is -2.11. The summed E-state index contributed by atoms with van der Waals surface area (Å²) in [6, 6.07) is -0.738. The van der Waals surface area contributed by atoms with E-state index in [0.29, 0.717) is 6.54 Å². The standard InChI is InChI=1S/C28H53NO5/c1-3-5-7-8-9-10-11-12-13-14-15-16-17-18-19-21-27(32)34-28(33)25(22-23-26(30)31)29-24-20-6-4-2/h25,29H,3-24H2,1-2H3,(H,30,31). The zero-order chi connectivity index (χ0) is 25.3. The van der Waals surface area contributed by atoms with E-state index in [1.165, 1.54) is 77.0 Å². The summed E-state index contributed by atoms with van der Waals surface area (Å²) in [4.78, 5) is 35.2. The third-order valence-electron chi connectivity index (χ3n) is 6.30. The molecule has 0 rings (SSSR count). The highest BCUT2D eigenvalue weighted by molar-refractivity contribution is 5.88. The van der Waals surface area contributed by atoms with Gasteiger partial charge in [-0.2, -0.15) is 0 Å². The third-order valence-corrected chi connectivity index (χ3v) is 6.30. The van der Waals surface area contributed by atoms with Crippen LogP contribution in [0.3, 0.4) is 0 Å². The van der Waals surface area contributed by atoms with Crippen LogP contribution in [0.4, 0.5) is 0 Å². The lowest BCUT2D eigenvalue weighted by Gasteiger charge is -2.16. The van der Waals surface area contributed by atoms with Gasteiger partial charge in [0.2, 0.25) is 0 Å². The molecular weight excluding hydrogens is 430 g/mol. The molecule has 0 heterocycles. The minimum atomic E-state index is -0.961. The Balaban J connectivity index is 3.73. The Morgan fingerprint density at radius 2 is 1.09 bits per heavy atom. The van der Waals surface area contributed by atoms with Crippen LogP contribution in [0, 0.1) is 0 Å². The van der Waals surface area contributed by atoms with Crippen molar-refractivity contribution in [2.75, 3.05) is 6.54 Å². The van der Waals surface area contributed by atoms with Gasteiger partial charge < -0.3 is 15.2 Å². The zero-order valence-corrected chi connectivity index (χ0v) is 22.2. The molecule has 1 atom stereocenters. The lowest BCUT2D eigenvalue weighted by molar-refractivity contribution is -0.161. The van der Waals surface area contributed by atoms with Crippen LogP contribution in [-0.4, -0.2) is 35.6 Å². The number of carbonyl (C=O) groups excluding carboxylic acids is 2. The highest BCUT2D eigenvalue weighted by atomic mass is 16.6. The molecule has 1 unspecified atom stereocenters. The molecule has 0 saturated carbocycles. The van der Waals surface area contributed by atoms with Gasteiger partial charge in [-0.25, -0.2) is 4.79 Å². The van der Waals surface area contributed by atoms with Gasteiger partial charge in [0, 0.05) is 12.8 Å². The van der Waals surface area contributed by atoms with Crippen LogP contribution in [-0.2, 0) is 19.1 Å². The minimum Gasteiger partial charge on any atom is -0.481 e. The fraction of sp³-hybridized carbons (Fsp3) is 0.893. The number of hydrogen-bond acceptors (Lipinski definition) is 5. The van der Waals surface area contributed by atoms with E-state index in [1.807, 2.05) is 0 Å². The normalized spacial score (nSPS) is 11.9. The van der Waals surface area contributed by atoms with Gasteiger partial charge in [0.05, 0.1) is 0 Å². The average molecular weight is 484 g/mol. The average Bonchev–Trinajstić information content (AvgIpc) is 2.80. The maximum atomic E-state index is 12.3. The Morgan fingerprint density at radius 1 is 0.647 bits per heavy atom. The molecule has 0 radical (unpaired) electrons. The van der Waals surface area contributed by atoms with Gasteiger partial charge in [0.25, 0.3) is 0 Å². The van der Waals surface area contributed by atoms with Gasteiger partial charge in [-0.1, -0.05) is 117 Å². The zero-order valence-electron chi connectivity index (χ0n) is 22.2. The summed E-state index contributed by atoms with van der Waals surface area (Å²) in [6.07, 6.45) is 22.1. The molecule has 200 valence electrons. The van der Waals surface area contributed by atoms with Crippen LogP contribution in [0.1, 0.15) is 149 Å². The second kappa shape index (κ2) is 24.7. The first-order valence-corrected chi connectivity index (χ1v) is 14.2. The number of unbranched alkanes of at least 4 members (excludes halogenated alkanes) is 16. The fourth-order valence-corrected chi connectivity index (χ4v) is 4.10. The van der Waals surface area contributed by atoms with Crippen LogP contribution in [0.5, 0.6) is 0 Å². The second-order valence-corrected chi connectivity index (χ2v) is 9.64. The van der Waals surface area contributed by atoms with Gasteiger partial charge in [-0.3, -0.25) is 9.59 Å². The van der Waals surface area contributed by atoms with E-state index in [-0.39, 0.29) is 19.3 Å². The number of carboxylic acid groups (broad SMARTS) is 1. The Hall–Kier alpha value is -1.43. The Bertz CT molecular complexity index is 509. The summed E-state index contributed by atoms with van der Waals surface area (Å²) < 4.78 is 4.99. The first kappa shape index (κ1) is 32.6. The van der Waals surface area contributed by atoms with Gasteiger partial charge in [-0.15, -0.1) is 0 Å². The van der Waals surface area contributed by atoms with Gasteiger partial charge in [0.15, 0.2) is 0 Å². The topological polar surface area (TPSA) is 92.7 Å². The molecule has 0 amide bonds. The van der Waals surface area contributed by atoms with Crippen molar-refractivity contribution in [1.82, 2.24) is 5.32 Å². The van der Waals surface area contributed by atoms with E-state index in [9.17, 15) is 14.4 Å². The summed E-state index contributed by atoms with van der Waals surface area (Å²) in [6.45, 7) is 4.96. The van der Waals surface area contributed by atoms with Crippen molar-refractivity contribution in [2.45, 2.75) is 155 Å². The van der Waals surface area contributed by atoms with Crippen LogP contribution in [0.15, 0.2) is 0 Å². The van der Waals surface area contributed by atoms with Crippen LogP contribution in [0.25, 0.3) is 0 Å². The minimum absolute atomic E-state index is 0.131. The number of ether oxygens (including phenoxy) is 1. The van der Waals surface area contributed by atoms with Crippen molar-refractivity contribution in [3.05, 3.63) is 0 Å². The molecule has 6 nitrogen and oxygen atoms in total. The molecule has 0 aromatic carbocycles. The largest absolute Gasteiger partial charge is 0.481 e. The molecule has 34 heavy (non-hydrogen) atoms. The molecule has 0 aromatic heterocycles. The lowest BCUT2D eigenvalue weighted by atomic mass is 10.0. The first-order chi connectivity index (χ1) is 16.5. The van der Waals surface area contributed by atoms with Crippen LogP contribution in [0.2, 0.25) is 0 Å². The molecule has 0 fully saturated rings. The molecule has 0 saturated heterocycles. The Kier molecular flexibility index (Phi) is 23.6. The van der Waals surface area contributed by atoms with E-state index in [2.05, 4.69) is 19.2 Å². The molecule has 0 spiro atoms. The quantitative estimate of drug-likeness (QED) is 0.0802. The van der Waals surface area contributed by atoms with Crippen molar-refractivity contribution in [3.8, 4) is 0 Å². The van der Waals surface area contributed by atoms with Crippen molar-refractivity contribution in [2.24, 2.45) is 0 Å². The molecule has 0 aliphatic heterocycles. The fourth-order valence-electron chi connectivity index (χ4n) is 4.10. The predicted molar refractivity (Wildman–Crippen MR) is 139 cm³/mol. The highest BCUT2D eigenvalue weighted by Crippen LogP contribution is 2.14. The van der Waals surface area contributed by atoms with Crippen molar-refractivity contribution >= 4 is 17.9 Å². The Morgan fingerprint density at radius 3 is 1.56 bits per heavy atom. The third kappa shape index (κ3) is 22.4. The Labute approximate surface area is 209 Å². The monoisotopic (exact) mass is 483 g/mol. The summed E-state index contributed by atoms with van der Waals surface area (Å²) in [7, 11) is 0. The molecule has 0 bridgehead atoms. The second-order valence-electron chi connectivity index (χ2n) is 9.64. The SMILES string of the molecule is CCCCCCCCCCCCCCCCCC(=O)OC(=O)C(CCC(=O)O)NCCCCC. The van der Waals surface area contributed by atoms with E-state index >= 15 is 0 Å². The number of carbonyl (C=O) groups is 3. The molecule has 2 N–H and O–H groups in total. The number of nitrogens with one attached hydrogen (secondary N) is 1. The maximum absolute atomic E-state index is 12.3. The molecule has 6 heteroatoms. The van der Waals surface area contributed by atoms with E-state index in [4.69, 9.17) is 9.84 Å². The predicted octanol–water partition coefficient (Wildman–Crippen LogP) is 7.33. The number of carboxylic acids is 1. The van der Waals surface area contributed by atoms with Gasteiger partial charge in [0.1, 0.15) is 6.04 Å². The first-order valence-electron chi connectivity index (χ1n) is 14.2. The number of esters is 2. The van der Waals surface area contributed by atoms with E-state index in [1.54, 1.807) is 0 Å². The number of aliphatic carboxylic acids is 1. The van der Waals surface area contributed by atoms with Gasteiger partial charge in [-0.05, 0) is 25.8 Å². The number of hydrogen-bond donors (Lipinski definition) is 2.